The summed E-state index contributed by atoms with van der Waals surface area (Å²) in [6.45, 7) is 15.6. The molecule has 12 rings (SSSR count). The fourth-order valence-electron chi connectivity index (χ4n) is 9.67. The monoisotopic (exact) mass is 865 g/mol. The molecule has 0 amide bonds. The maximum absolute atomic E-state index is 10.6. The first-order valence-electron chi connectivity index (χ1n) is 22.2. The lowest BCUT2D eigenvalue weighted by molar-refractivity contribution is 1.16. The Labute approximate surface area is 392 Å². The van der Waals surface area contributed by atoms with Crippen molar-refractivity contribution >= 4 is 55.0 Å². The summed E-state index contributed by atoms with van der Waals surface area (Å²) in [5, 5.41) is 15.4. The van der Waals surface area contributed by atoms with Crippen molar-refractivity contribution < 1.29 is 0 Å². The van der Waals surface area contributed by atoms with Crippen LogP contribution in [0.2, 0.25) is 0 Å². The van der Waals surface area contributed by atoms with Gasteiger partial charge in [-0.1, -0.05) is 158 Å². The number of rotatable bonds is 7. The van der Waals surface area contributed by atoms with Gasteiger partial charge in [-0.2, -0.15) is 5.26 Å². The highest BCUT2D eigenvalue weighted by atomic mass is 15.0. The Balaban J connectivity index is 0.868. The zero-order valence-corrected chi connectivity index (χ0v) is 36.3. The standard InChI is InChI=1S/C61H35N7/c1-63-53-18-8-3-16-50(53)56-37-55(65-61(66-56)51-17-4-9-19-54(51)64-2)42-29-25-40(26-30-42)39-23-27-41(28-24-39)46-33-31-44(35-43(46)38-62)67-59-22-12-7-15-49(59)52-36-45(32-34-60(52)67)68-57-20-10-5-13-47(57)48-14-6-11-21-58(48)68/h3-37H. The zero-order valence-electron chi connectivity index (χ0n) is 36.3. The Kier molecular flexibility index (Phi) is 9.51. The summed E-state index contributed by atoms with van der Waals surface area (Å²) in [5.74, 6) is 0.424. The second kappa shape index (κ2) is 16.3. The summed E-state index contributed by atoms with van der Waals surface area (Å²) in [5.41, 5.74) is 15.4. The van der Waals surface area contributed by atoms with Crippen molar-refractivity contribution in [2.24, 2.45) is 0 Å². The van der Waals surface area contributed by atoms with E-state index in [9.17, 15) is 5.26 Å². The van der Waals surface area contributed by atoms with Gasteiger partial charge in [0.2, 0.25) is 0 Å². The normalized spacial score (nSPS) is 11.2. The Morgan fingerprint density at radius 1 is 0.382 bits per heavy atom. The van der Waals surface area contributed by atoms with E-state index in [4.69, 9.17) is 23.1 Å². The number of nitriles is 1. The summed E-state index contributed by atoms with van der Waals surface area (Å²) in [4.78, 5) is 17.3. The Morgan fingerprint density at radius 3 is 1.44 bits per heavy atom. The van der Waals surface area contributed by atoms with Crippen molar-refractivity contribution in [1.29, 1.82) is 5.26 Å². The minimum Gasteiger partial charge on any atom is -0.309 e. The van der Waals surface area contributed by atoms with Gasteiger partial charge in [0.25, 0.3) is 0 Å². The molecule has 12 aromatic rings. The molecule has 0 N–H and O–H groups in total. The average molecular weight is 866 g/mol. The van der Waals surface area contributed by atoms with Crippen molar-refractivity contribution in [2.75, 3.05) is 0 Å². The molecule has 0 aliphatic rings. The van der Waals surface area contributed by atoms with Crippen LogP contribution in [0.5, 0.6) is 0 Å². The Hall–Kier alpha value is -9.87. The molecule has 0 fully saturated rings. The fraction of sp³-hybridized carbons (Fsp3) is 0. The molecule has 3 heterocycles. The quantitative estimate of drug-likeness (QED) is 0.150. The number of aromatic nitrogens is 4. The molecule has 3 aromatic heterocycles. The molecule has 0 saturated heterocycles. The summed E-state index contributed by atoms with van der Waals surface area (Å²) >= 11 is 0. The Bertz CT molecular complexity index is 3990. The highest BCUT2D eigenvalue weighted by Crippen LogP contribution is 2.39. The average Bonchev–Trinajstić information content (AvgIpc) is 3.93. The largest absolute Gasteiger partial charge is 0.309 e. The molecule has 314 valence electrons. The van der Waals surface area contributed by atoms with Crippen molar-refractivity contribution in [1.82, 2.24) is 19.1 Å². The van der Waals surface area contributed by atoms with E-state index in [2.05, 4.69) is 164 Å². The van der Waals surface area contributed by atoms with E-state index in [1.54, 1.807) is 12.1 Å². The SMILES string of the molecule is [C-]#[N+]c1ccccc1-c1cc(-c2ccc(-c3ccc(-c4ccc(-n5c6ccccc6c6cc(-n7c8ccccc8c8ccccc87)ccc65)cc4C#N)cc3)cc2)nc(-c2ccccc2[N+]#[C-])n1. The molecule has 0 atom stereocenters. The molecule has 0 unspecified atom stereocenters. The number of benzene rings is 9. The first-order chi connectivity index (χ1) is 33.6. The van der Waals surface area contributed by atoms with E-state index in [0.717, 1.165) is 61.0 Å². The summed E-state index contributed by atoms with van der Waals surface area (Å²) < 4.78 is 4.61. The lowest BCUT2D eigenvalue weighted by Gasteiger charge is -2.13. The molecule has 7 heteroatoms. The first-order valence-corrected chi connectivity index (χ1v) is 22.2. The Morgan fingerprint density at radius 2 is 0.838 bits per heavy atom. The van der Waals surface area contributed by atoms with Crippen molar-refractivity contribution in [2.45, 2.75) is 0 Å². The van der Waals surface area contributed by atoms with E-state index in [1.807, 2.05) is 60.7 Å². The topological polar surface area (TPSA) is 68.2 Å². The van der Waals surface area contributed by atoms with Crippen LogP contribution in [0.4, 0.5) is 11.4 Å². The lowest BCUT2D eigenvalue weighted by Crippen LogP contribution is -1.97. The van der Waals surface area contributed by atoms with Gasteiger partial charge in [-0.25, -0.2) is 19.7 Å². The van der Waals surface area contributed by atoms with E-state index >= 15 is 0 Å². The number of fused-ring (bicyclic) bond motifs is 6. The molecule has 9 aromatic carbocycles. The lowest BCUT2D eigenvalue weighted by atomic mass is 9.96. The van der Waals surface area contributed by atoms with Crippen LogP contribution in [0, 0.1) is 24.5 Å². The van der Waals surface area contributed by atoms with Gasteiger partial charge in [0.1, 0.15) is 5.82 Å². The third-order valence-electron chi connectivity index (χ3n) is 12.9. The van der Waals surface area contributed by atoms with Gasteiger partial charge in [-0.05, 0) is 76.9 Å². The van der Waals surface area contributed by atoms with Crippen LogP contribution in [0.3, 0.4) is 0 Å². The second-order valence-corrected chi connectivity index (χ2v) is 16.6. The fourth-order valence-corrected chi connectivity index (χ4v) is 9.67. The van der Waals surface area contributed by atoms with Crippen LogP contribution < -0.4 is 0 Å². The minimum absolute atomic E-state index is 0.424. The molecule has 0 saturated carbocycles. The highest BCUT2D eigenvalue weighted by Gasteiger charge is 2.19. The molecule has 0 aliphatic carbocycles. The summed E-state index contributed by atoms with van der Waals surface area (Å²) in [6.07, 6.45) is 0. The van der Waals surface area contributed by atoms with Crippen LogP contribution >= 0.6 is 0 Å². The predicted octanol–water partition coefficient (Wildman–Crippen LogP) is 16.0. The van der Waals surface area contributed by atoms with Gasteiger partial charge in [0, 0.05) is 49.6 Å². The molecule has 0 aliphatic heterocycles. The van der Waals surface area contributed by atoms with Crippen LogP contribution in [-0.2, 0) is 0 Å². The highest BCUT2D eigenvalue weighted by molar-refractivity contribution is 6.12. The van der Waals surface area contributed by atoms with Gasteiger partial charge >= 0.3 is 0 Å². The third kappa shape index (κ3) is 6.57. The van der Waals surface area contributed by atoms with Gasteiger partial charge in [-0.3, -0.25) is 0 Å². The van der Waals surface area contributed by atoms with Gasteiger partial charge in [0.05, 0.1) is 58.2 Å². The van der Waals surface area contributed by atoms with Crippen molar-refractivity contribution in [3.8, 4) is 73.6 Å². The maximum Gasteiger partial charge on any atom is 0.198 e. The number of nitrogens with zero attached hydrogens (tertiary/aromatic N) is 7. The number of hydrogen-bond donors (Lipinski definition) is 0. The first kappa shape index (κ1) is 39.7. The molecular weight excluding hydrogens is 831 g/mol. The van der Waals surface area contributed by atoms with Crippen LogP contribution in [-0.4, -0.2) is 19.1 Å². The molecular formula is C61H35N7. The summed E-state index contributed by atoms with van der Waals surface area (Å²) in [6, 6.07) is 74.2. The van der Waals surface area contributed by atoms with E-state index in [0.29, 0.717) is 45.3 Å². The molecule has 0 bridgehead atoms. The number of para-hydroxylation sites is 5. The van der Waals surface area contributed by atoms with E-state index in [-0.39, 0.29) is 0 Å². The smallest absolute Gasteiger partial charge is 0.198 e. The zero-order chi connectivity index (χ0) is 45.7. The molecule has 7 nitrogen and oxygen atoms in total. The van der Waals surface area contributed by atoms with E-state index in [1.165, 1.54) is 21.8 Å². The molecule has 0 radical (unpaired) electrons. The van der Waals surface area contributed by atoms with Gasteiger partial charge in [-0.15, -0.1) is 0 Å². The third-order valence-corrected chi connectivity index (χ3v) is 12.9. The maximum atomic E-state index is 10.6. The van der Waals surface area contributed by atoms with Gasteiger partial charge < -0.3 is 9.13 Å². The number of hydrogen-bond acceptors (Lipinski definition) is 3. The van der Waals surface area contributed by atoms with E-state index < -0.39 is 0 Å². The molecule has 68 heavy (non-hydrogen) atoms. The van der Waals surface area contributed by atoms with Crippen molar-refractivity contribution in [3.63, 3.8) is 0 Å². The minimum atomic E-state index is 0.424. The van der Waals surface area contributed by atoms with Crippen LogP contribution in [0.15, 0.2) is 212 Å². The second-order valence-electron chi connectivity index (χ2n) is 16.6. The molecule has 0 spiro atoms. The summed E-state index contributed by atoms with van der Waals surface area (Å²) in [7, 11) is 0. The van der Waals surface area contributed by atoms with Crippen molar-refractivity contribution in [3.05, 3.63) is 241 Å². The van der Waals surface area contributed by atoms with Crippen LogP contribution in [0.25, 0.3) is 121 Å². The van der Waals surface area contributed by atoms with Gasteiger partial charge in [0.15, 0.2) is 11.4 Å². The predicted molar refractivity (Wildman–Crippen MR) is 275 cm³/mol. The van der Waals surface area contributed by atoms with Crippen LogP contribution in [0.1, 0.15) is 5.56 Å².